The van der Waals surface area contributed by atoms with Gasteiger partial charge in [-0.1, -0.05) is 45.0 Å². The van der Waals surface area contributed by atoms with Crippen molar-refractivity contribution in [1.29, 1.82) is 0 Å². The van der Waals surface area contributed by atoms with Crippen LogP contribution in [0.4, 0.5) is 9.93 Å². The van der Waals surface area contributed by atoms with Crippen LogP contribution in [0.15, 0.2) is 0 Å². The third-order valence-corrected chi connectivity index (χ3v) is 4.13. The lowest BCUT2D eigenvalue weighted by Gasteiger charge is -2.16. The number of anilines is 1. The lowest BCUT2D eigenvalue weighted by Crippen LogP contribution is -2.40. The van der Waals surface area contributed by atoms with E-state index in [1.165, 1.54) is 11.3 Å². The molecular formula is C14H22N4OS. The second kappa shape index (κ2) is 7.85. The maximum absolute atomic E-state index is 11.8. The highest BCUT2D eigenvalue weighted by atomic mass is 32.1. The molecular weight excluding hydrogens is 272 g/mol. The van der Waals surface area contributed by atoms with Crippen LogP contribution in [0, 0.1) is 18.3 Å². The van der Waals surface area contributed by atoms with E-state index < -0.39 is 0 Å². The van der Waals surface area contributed by atoms with Gasteiger partial charge >= 0.3 is 6.03 Å². The fourth-order valence-corrected chi connectivity index (χ4v) is 2.77. The minimum Gasteiger partial charge on any atom is -0.324 e. The smallest absolute Gasteiger partial charge is 0.322 e. The SMILES string of the molecule is C#C[C@@H](NC(=O)Nc1nnc(C(CC)CC)s1)C(C)C. The van der Waals surface area contributed by atoms with E-state index >= 15 is 0 Å². The zero-order valence-electron chi connectivity index (χ0n) is 12.4. The van der Waals surface area contributed by atoms with E-state index in [2.05, 4.69) is 40.6 Å². The number of hydrogen-bond acceptors (Lipinski definition) is 4. The van der Waals surface area contributed by atoms with Crippen LogP contribution in [0.3, 0.4) is 0 Å². The Labute approximate surface area is 124 Å². The summed E-state index contributed by atoms with van der Waals surface area (Å²) in [5, 5.41) is 15.0. The standard InChI is InChI=1S/C14H22N4OS/c1-6-10(7-2)12-17-18-14(20-12)16-13(19)15-11(8-3)9(4)5/h3,9-11H,6-7H2,1-2,4-5H3,(H2,15,16,18,19)/t11-/m1/s1. The summed E-state index contributed by atoms with van der Waals surface area (Å²) in [6, 6.07) is -0.629. The van der Waals surface area contributed by atoms with Crippen molar-refractivity contribution in [3.05, 3.63) is 5.01 Å². The Morgan fingerprint density at radius 2 is 2.00 bits per heavy atom. The molecule has 0 aromatic carbocycles. The lowest BCUT2D eigenvalue weighted by molar-refractivity contribution is 0.248. The third-order valence-electron chi connectivity index (χ3n) is 3.13. The van der Waals surface area contributed by atoms with Crippen LogP contribution < -0.4 is 10.6 Å². The molecule has 0 fully saturated rings. The van der Waals surface area contributed by atoms with Gasteiger partial charge in [0.05, 0.1) is 6.04 Å². The molecule has 0 saturated carbocycles. The number of carbonyl (C=O) groups is 1. The number of amides is 2. The summed E-state index contributed by atoms with van der Waals surface area (Å²) in [6.07, 6.45) is 7.41. The Bertz CT molecular complexity index is 474. The molecule has 6 heteroatoms. The van der Waals surface area contributed by atoms with E-state index in [0.717, 1.165) is 17.8 Å². The van der Waals surface area contributed by atoms with Crippen molar-refractivity contribution in [2.24, 2.45) is 5.92 Å². The Morgan fingerprint density at radius 1 is 1.35 bits per heavy atom. The predicted molar refractivity (Wildman–Crippen MR) is 82.8 cm³/mol. The fourth-order valence-electron chi connectivity index (χ4n) is 1.76. The molecule has 0 bridgehead atoms. The Kier molecular flexibility index (Phi) is 6.46. The number of nitrogens with zero attached hydrogens (tertiary/aromatic N) is 2. The van der Waals surface area contributed by atoms with Crippen LogP contribution in [0.1, 0.15) is 51.5 Å². The van der Waals surface area contributed by atoms with Crippen LogP contribution in [-0.4, -0.2) is 22.3 Å². The molecule has 1 aromatic rings. The minimum absolute atomic E-state index is 0.181. The average molecular weight is 294 g/mol. The first-order valence-electron chi connectivity index (χ1n) is 6.88. The minimum atomic E-state index is -0.339. The number of rotatable bonds is 6. The first-order valence-corrected chi connectivity index (χ1v) is 7.70. The first-order chi connectivity index (χ1) is 9.51. The maximum atomic E-state index is 11.8. The van der Waals surface area contributed by atoms with Gasteiger partial charge in [0.1, 0.15) is 5.01 Å². The third kappa shape index (κ3) is 4.49. The number of hydrogen-bond donors (Lipinski definition) is 2. The number of aromatic nitrogens is 2. The van der Waals surface area contributed by atoms with Gasteiger partial charge in [-0.15, -0.1) is 16.6 Å². The molecule has 20 heavy (non-hydrogen) atoms. The van der Waals surface area contributed by atoms with E-state index in [0.29, 0.717) is 11.0 Å². The van der Waals surface area contributed by atoms with Gasteiger partial charge in [-0.2, -0.15) is 0 Å². The van der Waals surface area contributed by atoms with Crippen molar-refractivity contribution in [3.63, 3.8) is 0 Å². The molecule has 2 N–H and O–H groups in total. The highest BCUT2D eigenvalue weighted by molar-refractivity contribution is 7.15. The lowest BCUT2D eigenvalue weighted by atomic mass is 10.1. The summed E-state index contributed by atoms with van der Waals surface area (Å²) in [4.78, 5) is 11.8. The van der Waals surface area contributed by atoms with Crippen molar-refractivity contribution in [3.8, 4) is 12.3 Å². The highest BCUT2D eigenvalue weighted by Crippen LogP contribution is 2.27. The van der Waals surface area contributed by atoms with E-state index in [-0.39, 0.29) is 18.0 Å². The molecule has 0 aliphatic heterocycles. The first kappa shape index (κ1) is 16.4. The quantitative estimate of drug-likeness (QED) is 0.792. The van der Waals surface area contributed by atoms with Gasteiger partial charge in [0.2, 0.25) is 5.13 Å². The van der Waals surface area contributed by atoms with E-state index in [9.17, 15) is 4.79 Å². The monoisotopic (exact) mass is 294 g/mol. The summed E-state index contributed by atoms with van der Waals surface area (Å²) in [5.74, 6) is 3.14. The number of terminal acetylenes is 1. The van der Waals surface area contributed by atoms with Gasteiger partial charge in [-0.3, -0.25) is 5.32 Å². The fraction of sp³-hybridized carbons (Fsp3) is 0.643. The number of carbonyl (C=O) groups excluding carboxylic acids is 1. The van der Waals surface area contributed by atoms with Crippen LogP contribution in [0.25, 0.3) is 0 Å². The molecule has 0 saturated heterocycles. The second-order valence-corrected chi connectivity index (χ2v) is 5.95. The molecule has 0 radical (unpaired) electrons. The summed E-state index contributed by atoms with van der Waals surface area (Å²) < 4.78 is 0. The zero-order valence-corrected chi connectivity index (χ0v) is 13.3. The Balaban J connectivity index is 2.61. The molecule has 2 amide bonds. The Morgan fingerprint density at radius 3 is 2.50 bits per heavy atom. The second-order valence-electron chi connectivity index (χ2n) is 4.95. The van der Waals surface area contributed by atoms with Crippen molar-refractivity contribution in [1.82, 2.24) is 15.5 Å². The predicted octanol–water partition coefficient (Wildman–Crippen LogP) is 3.22. The van der Waals surface area contributed by atoms with Gasteiger partial charge < -0.3 is 5.32 Å². The molecule has 5 nitrogen and oxygen atoms in total. The molecule has 0 aliphatic rings. The molecule has 0 aliphatic carbocycles. The number of nitrogens with one attached hydrogen (secondary N) is 2. The normalized spacial score (nSPS) is 12.2. The molecule has 1 heterocycles. The van der Waals surface area contributed by atoms with Gasteiger partial charge in [-0.25, -0.2) is 4.79 Å². The molecule has 1 rings (SSSR count). The van der Waals surface area contributed by atoms with Crippen LogP contribution in [0.5, 0.6) is 0 Å². The van der Waals surface area contributed by atoms with Crippen LogP contribution in [-0.2, 0) is 0 Å². The molecule has 0 unspecified atom stereocenters. The summed E-state index contributed by atoms with van der Waals surface area (Å²) in [5.41, 5.74) is 0. The molecule has 0 spiro atoms. The maximum Gasteiger partial charge on any atom is 0.322 e. The van der Waals surface area contributed by atoms with Crippen molar-refractivity contribution < 1.29 is 4.79 Å². The van der Waals surface area contributed by atoms with Crippen molar-refractivity contribution in [2.75, 3.05) is 5.32 Å². The van der Waals surface area contributed by atoms with Gasteiger partial charge in [0.25, 0.3) is 0 Å². The number of urea groups is 1. The van der Waals surface area contributed by atoms with Gasteiger partial charge in [0.15, 0.2) is 0 Å². The summed E-state index contributed by atoms with van der Waals surface area (Å²) >= 11 is 1.42. The molecule has 1 atom stereocenters. The summed E-state index contributed by atoms with van der Waals surface area (Å²) in [6.45, 7) is 8.16. The van der Waals surface area contributed by atoms with Crippen LogP contribution >= 0.6 is 11.3 Å². The topological polar surface area (TPSA) is 66.9 Å². The van der Waals surface area contributed by atoms with E-state index in [4.69, 9.17) is 6.42 Å². The van der Waals surface area contributed by atoms with E-state index in [1.807, 2.05) is 13.8 Å². The molecule has 110 valence electrons. The largest absolute Gasteiger partial charge is 0.324 e. The summed E-state index contributed by atoms with van der Waals surface area (Å²) in [7, 11) is 0. The van der Waals surface area contributed by atoms with Crippen LogP contribution in [0.2, 0.25) is 0 Å². The van der Waals surface area contributed by atoms with Crippen molar-refractivity contribution >= 4 is 22.5 Å². The van der Waals surface area contributed by atoms with Gasteiger partial charge in [0, 0.05) is 5.92 Å². The van der Waals surface area contributed by atoms with E-state index in [1.54, 1.807) is 0 Å². The average Bonchev–Trinajstić information content (AvgIpc) is 2.85. The van der Waals surface area contributed by atoms with Gasteiger partial charge in [-0.05, 0) is 18.8 Å². The highest BCUT2D eigenvalue weighted by Gasteiger charge is 2.16. The van der Waals surface area contributed by atoms with Crippen molar-refractivity contribution in [2.45, 2.75) is 52.5 Å². The Hall–Kier alpha value is -1.61. The zero-order chi connectivity index (χ0) is 15.1. The molecule has 1 aromatic heterocycles.